The Hall–Kier alpha value is -2.45. The van der Waals surface area contributed by atoms with Crippen LogP contribution in [-0.4, -0.2) is 39.4 Å². The summed E-state index contributed by atoms with van der Waals surface area (Å²) < 4.78 is 0. The van der Waals surface area contributed by atoms with E-state index in [0.29, 0.717) is 5.02 Å². The zero-order valence-corrected chi connectivity index (χ0v) is 13.8. The number of nitrogens with two attached hydrogens (primary N) is 1. The molecule has 1 aromatic carbocycles. The monoisotopic (exact) mass is 348 g/mol. The van der Waals surface area contributed by atoms with Crippen molar-refractivity contribution in [3.05, 3.63) is 51.2 Å². The van der Waals surface area contributed by atoms with Crippen molar-refractivity contribution in [2.45, 2.75) is 18.5 Å². The van der Waals surface area contributed by atoms with Gasteiger partial charge in [0.1, 0.15) is 6.20 Å². The van der Waals surface area contributed by atoms with Gasteiger partial charge in [-0.3, -0.25) is 15.0 Å². The summed E-state index contributed by atoms with van der Waals surface area (Å²) in [6, 6.07) is 7.91. The average molecular weight is 349 g/mol. The van der Waals surface area contributed by atoms with E-state index in [-0.39, 0.29) is 29.5 Å². The SMILES string of the molecule is CN1CCC(Nc2ncc([N+](=O)[O-])c(N)n2)C1c1ccc(Cl)cc1. The van der Waals surface area contributed by atoms with Gasteiger partial charge in [0.15, 0.2) is 0 Å². The molecule has 2 unspecified atom stereocenters. The molecule has 1 fully saturated rings. The van der Waals surface area contributed by atoms with Gasteiger partial charge in [-0.05, 0) is 31.2 Å². The highest BCUT2D eigenvalue weighted by molar-refractivity contribution is 6.30. The van der Waals surface area contributed by atoms with Crippen LogP contribution in [-0.2, 0) is 0 Å². The number of nitrogen functional groups attached to an aromatic ring is 1. The number of benzene rings is 1. The summed E-state index contributed by atoms with van der Waals surface area (Å²) in [6.45, 7) is 0.910. The molecule has 0 bridgehead atoms. The maximum atomic E-state index is 10.8. The number of hydrogen-bond acceptors (Lipinski definition) is 7. The number of likely N-dealkylation sites (N-methyl/N-ethyl adjacent to an activating group) is 1. The highest BCUT2D eigenvalue weighted by Crippen LogP contribution is 2.33. The zero-order valence-electron chi connectivity index (χ0n) is 13.0. The smallest absolute Gasteiger partial charge is 0.329 e. The van der Waals surface area contributed by atoms with Gasteiger partial charge >= 0.3 is 5.69 Å². The molecule has 3 rings (SSSR count). The van der Waals surface area contributed by atoms with Gasteiger partial charge in [0.2, 0.25) is 11.8 Å². The first-order valence-corrected chi connectivity index (χ1v) is 7.82. The molecular weight excluding hydrogens is 332 g/mol. The van der Waals surface area contributed by atoms with Crippen molar-refractivity contribution in [1.29, 1.82) is 0 Å². The molecule has 2 aromatic rings. The number of rotatable bonds is 4. The fourth-order valence-electron chi connectivity index (χ4n) is 3.01. The van der Waals surface area contributed by atoms with E-state index < -0.39 is 4.92 Å². The first-order chi connectivity index (χ1) is 11.5. The first-order valence-electron chi connectivity index (χ1n) is 7.45. The van der Waals surface area contributed by atoms with Gasteiger partial charge in [-0.25, -0.2) is 4.98 Å². The summed E-state index contributed by atoms with van der Waals surface area (Å²) in [5.74, 6) is 0.143. The van der Waals surface area contributed by atoms with E-state index in [0.717, 1.165) is 24.7 Å². The predicted molar refractivity (Wildman–Crippen MR) is 91.9 cm³/mol. The molecule has 2 atom stereocenters. The van der Waals surface area contributed by atoms with Gasteiger partial charge in [-0.2, -0.15) is 4.98 Å². The summed E-state index contributed by atoms with van der Waals surface area (Å²) in [6.07, 6.45) is 2.02. The minimum atomic E-state index is -0.598. The Morgan fingerprint density at radius 1 is 1.42 bits per heavy atom. The summed E-state index contributed by atoms with van der Waals surface area (Å²) in [5.41, 5.74) is 6.47. The molecule has 3 N–H and O–H groups in total. The summed E-state index contributed by atoms with van der Waals surface area (Å²) in [5, 5.41) is 14.7. The summed E-state index contributed by atoms with van der Waals surface area (Å²) >= 11 is 5.96. The van der Waals surface area contributed by atoms with Gasteiger partial charge in [0, 0.05) is 17.6 Å². The third-order valence-electron chi connectivity index (χ3n) is 4.17. The number of nitrogens with one attached hydrogen (secondary N) is 1. The van der Waals surface area contributed by atoms with Crippen molar-refractivity contribution in [2.75, 3.05) is 24.6 Å². The Labute approximate surface area is 143 Å². The molecule has 9 heteroatoms. The second-order valence-corrected chi connectivity index (χ2v) is 6.17. The van der Waals surface area contributed by atoms with E-state index in [1.54, 1.807) is 0 Å². The topological polar surface area (TPSA) is 110 Å². The Morgan fingerprint density at radius 2 is 2.12 bits per heavy atom. The largest absolute Gasteiger partial charge is 0.378 e. The lowest BCUT2D eigenvalue weighted by Crippen LogP contribution is -2.29. The number of aromatic nitrogens is 2. The molecule has 0 radical (unpaired) electrons. The molecule has 0 amide bonds. The Morgan fingerprint density at radius 3 is 2.75 bits per heavy atom. The van der Waals surface area contributed by atoms with E-state index in [2.05, 4.69) is 20.2 Å². The number of anilines is 2. The van der Waals surface area contributed by atoms with Crippen LogP contribution >= 0.6 is 11.6 Å². The van der Waals surface area contributed by atoms with Crippen LogP contribution in [0.1, 0.15) is 18.0 Å². The fourth-order valence-corrected chi connectivity index (χ4v) is 3.14. The van der Waals surface area contributed by atoms with Crippen molar-refractivity contribution in [2.24, 2.45) is 0 Å². The molecule has 1 aromatic heterocycles. The van der Waals surface area contributed by atoms with Crippen LogP contribution in [0.15, 0.2) is 30.5 Å². The minimum Gasteiger partial charge on any atom is -0.378 e. The second-order valence-electron chi connectivity index (χ2n) is 5.74. The standard InChI is InChI=1S/C15H17ClN6O2/c1-21-7-6-11(13(21)9-2-4-10(16)5-3-9)19-15-18-8-12(22(23)24)14(17)20-15/h2-5,8,11,13H,6-7H2,1H3,(H3,17,18,19,20). The van der Waals surface area contributed by atoms with E-state index in [4.69, 9.17) is 17.3 Å². The van der Waals surface area contributed by atoms with E-state index in [1.165, 1.54) is 0 Å². The van der Waals surface area contributed by atoms with E-state index in [1.807, 2.05) is 31.3 Å². The summed E-state index contributed by atoms with van der Waals surface area (Å²) in [4.78, 5) is 20.4. The van der Waals surface area contributed by atoms with Gasteiger partial charge in [-0.15, -0.1) is 0 Å². The third-order valence-corrected chi connectivity index (χ3v) is 4.42. The highest BCUT2D eigenvalue weighted by Gasteiger charge is 2.33. The molecule has 126 valence electrons. The Kier molecular flexibility index (Phi) is 4.50. The maximum Gasteiger partial charge on any atom is 0.329 e. The molecule has 24 heavy (non-hydrogen) atoms. The van der Waals surface area contributed by atoms with Crippen molar-refractivity contribution in [1.82, 2.24) is 14.9 Å². The Balaban J connectivity index is 1.82. The minimum absolute atomic E-state index is 0.0667. The Bertz CT molecular complexity index is 754. The fraction of sp³-hybridized carbons (Fsp3) is 0.333. The van der Waals surface area contributed by atoms with Crippen molar-refractivity contribution < 1.29 is 4.92 Å². The third kappa shape index (κ3) is 3.24. The van der Waals surface area contributed by atoms with Gasteiger partial charge in [0.25, 0.3) is 0 Å². The van der Waals surface area contributed by atoms with Crippen LogP contribution in [0, 0.1) is 10.1 Å². The van der Waals surface area contributed by atoms with Crippen LogP contribution in [0.3, 0.4) is 0 Å². The van der Waals surface area contributed by atoms with Crippen molar-refractivity contribution in [3.63, 3.8) is 0 Å². The highest BCUT2D eigenvalue weighted by atomic mass is 35.5. The number of nitrogens with zero attached hydrogens (tertiary/aromatic N) is 4. The predicted octanol–water partition coefficient (Wildman–Crippen LogP) is 2.48. The van der Waals surface area contributed by atoms with Gasteiger partial charge in [0.05, 0.1) is 11.0 Å². The van der Waals surface area contributed by atoms with Crippen LogP contribution < -0.4 is 11.1 Å². The van der Waals surface area contributed by atoms with Crippen LogP contribution in [0.25, 0.3) is 0 Å². The van der Waals surface area contributed by atoms with Gasteiger partial charge < -0.3 is 11.1 Å². The lowest BCUT2D eigenvalue weighted by molar-refractivity contribution is -0.384. The molecule has 1 aliphatic heterocycles. The lowest BCUT2D eigenvalue weighted by atomic mass is 10.0. The van der Waals surface area contributed by atoms with Crippen LogP contribution in [0.4, 0.5) is 17.5 Å². The number of likely N-dealkylation sites (tertiary alicyclic amines) is 1. The molecular formula is C15H17ClN6O2. The van der Waals surface area contributed by atoms with Crippen LogP contribution in [0.5, 0.6) is 0 Å². The zero-order chi connectivity index (χ0) is 17.3. The van der Waals surface area contributed by atoms with E-state index >= 15 is 0 Å². The summed E-state index contributed by atoms with van der Waals surface area (Å²) in [7, 11) is 2.05. The molecule has 0 spiro atoms. The van der Waals surface area contributed by atoms with Gasteiger partial charge in [-0.1, -0.05) is 23.7 Å². The van der Waals surface area contributed by atoms with Crippen molar-refractivity contribution >= 4 is 29.1 Å². The molecule has 1 saturated heterocycles. The maximum absolute atomic E-state index is 10.8. The first kappa shape index (κ1) is 16.4. The normalized spacial score (nSPS) is 20.9. The quantitative estimate of drug-likeness (QED) is 0.645. The number of hydrogen-bond donors (Lipinski definition) is 2. The average Bonchev–Trinajstić information content (AvgIpc) is 2.89. The number of halogens is 1. The van der Waals surface area contributed by atoms with E-state index in [9.17, 15) is 10.1 Å². The number of nitro groups is 1. The molecule has 8 nitrogen and oxygen atoms in total. The van der Waals surface area contributed by atoms with Crippen LogP contribution in [0.2, 0.25) is 5.02 Å². The lowest BCUT2D eigenvalue weighted by Gasteiger charge is -2.26. The van der Waals surface area contributed by atoms with Crippen molar-refractivity contribution in [3.8, 4) is 0 Å². The second kappa shape index (κ2) is 6.58. The molecule has 2 heterocycles. The molecule has 1 aliphatic rings. The molecule has 0 saturated carbocycles. The molecule has 0 aliphatic carbocycles.